The molecule has 0 aliphatic heterocycles. The predicted octanol–water partition coefficient (Wildman–Crippen LogP) is 2.68. The highest BCUT2D eigenvalue weighted by atomic mass is 16.2. The minimum absolute atomic E-state index is 0.0914. The summed E-state index contributed by atoms with van der Waals surface area (Å²) in [5, 5.41) is 0. The Morgan fingerprint density at radius 3 is 2.22 bits per heavy atom. The van der Waals surface area contributed by atoms with Crippen molar-refractivity contribution in [3.8, 4) is 11.4 Å². The van der Waals surface area contributed by atoms with Crippen LogP contribution in [-0.2, 0) is 0 Å². The first-order valence-electron chi connectivity index (χ1n) is 7.52. The van der Waals surface area contributed by atoms with Crippen LogP contribution >= 0.6 is 0 Å². The molecule has 0 fully saturated rings. The topological polar surface area (TPSA) is 31.0 Å². The molecule has 0 amide bonds. The molecule has 0 atom stereocenters. The molecule has 2 heterocycles. The Hall–Kier alpha value is -3.14. The van der Waals surface area contributed by atoms with Gasteiger partial charge in [0.2, 0.25) is 0 Å². The molecule has 0 bridgehead atoms. The fraction of sp³-hybridized carbons (Fsp3) is 0.0526. The van der Waals surface area contributed by atoms with E-state index in [0.29, 0.717) is 0 Å². The van der Waals surface area contributed by atoms with Crippen molar-refractivity contribution in [2.75, 3.05) is 0 Å². The van der Waals surface area contributed by atoms with Crippen LogP contribution in [0.15, 0.2) is 83.8 Å². The van der Waals surface area contributed by atoms with Gasteiger partial charge in [-0.15, -0.1) is 13.8 Å². The summed E-state index contributed by atoms with van der Waals surface area (Å²) in [6.45, 7) is 2.03. The molecular formula is C19H16N3O+. The molecule has 0 saturated carbocycles. The van der Waals surface area contributed by atoms with Gasteiger partial charge in [-0.2, -0.15) is 0 Å². The lowest BCUT2D eigenvalue weighted by Crippen LogP contribution is -2.36. The summed E-state index contributed by atoms with van der Waals surface area (Å²) < 4.78 is 5.28. The molecular weight excluding hydrogens is 286 g/mol. The lowest BCUT2D eigenvalue weighted by molar-refractivity contribution is -0.600. The molecule has 0 spiro atoms. The molecule has 0 radical (unpaired) electrons. The van der Waals surface area contributed by atoms with Crippen molar-refractivity contribution in [3.63, 3.8) is 0 Å². The third kappa shape index (κ3) is 2.16. The molecule has 0 aliphatic carbocycles. The smallest absolute Gasteiger partial charge is 0.216 e. The number of pyridine rings is 1. The van der Waals surface area contributed by atoms with E-state index in [2.05, 4.69) is 0 Å². The van der Waals surface area contributed by atoms with Crippen molar-refractivity contribution < 1.29 is 4.52 Å². The Bertz CT molecular complexity index is 1030. The monoisotopic (exact) mass is 302 g/mol. The number of hydrogen-bond donors (Lipinski definition) is 0. The van der Waals surface area contributed by atoms with Crippen LogP contribution in [0.25, 0.3) is 17.0 Å². The molecule has 0 unspecified atom stereocenters. The minimum atomic E-state index is -0.0914. The van der Waals surface area contributed by atoms with Crippen molar-refractivity contribution in [2.24, 2.45) is 0 Å². The van der Waals surface area contributed by atoms with Gasteiger partial charge in [-0.05, 0) is 37.3 Å². The first-order valence-corrected chi connectivity index (χ1v) is 7.52. The zero-order chi connectivity index (χ0) is 15.8. The Labute approximate surface area is 133 Å². The molecule has 23 heavy (non-hydrogen) atoms. The van der Waals surface area contributed by atoms with Gasteiger partial charge in [-0.25, -0.2) is 4.79 Å². The van der Waals surface area contributed by atoms with Gasteiger partial charge < -0.3 is 0 Å². The van der Waals surface area contributed by atoms with Gasteiger partial charge in [0.15, 0.2) is 0 Å². The highest BCUT2D eigenvalue weighted by Gasteiger charge is 2.23. The molecule has 0 N–H and O–H groups in total. The second kappa shape index (κ2) is 5.25. The maximum atomic E-state index is 13.1. The van der Waals surface area contributed by atoms with E-state index < -0.39 is 0 Å². The van der Waals surface area contributed by atoms with Crippen LogP contribution in [0.3, 0.4) is 0 Å². The van der Waals surface area contributed by atoms with E-state index in [1.165, 1.54) is 5.56 Å². The largest absolute Gasteiger partial charge is 0.457 e. The second-order valence-electron chi connectivity index (χ2n) is 5.50. The zero-order valence-corrected chi connectivity index (χ0v) is 12.8. The van der Waals surface area contributed by atoms with Crippen LogP contribution in [0.1, 0.15) is 5.56 Å². The van der Waals surface area contributed by atoms with E-state index in [4.69, 9.17) is 0 Å². The normalized spacial score (nSPS) is 11.0. The average molecular weight is 302 g/mol. The third-order valence-electron chi connectivity index (χ3n) is 3.93. The van der Waals surface area contributed by atoms with Gasteiger partial charge in [0.25, 0.3) is 0 Å². The van der Waals surface area contributed by atoms with Crippen molar-refractivity contribution in [1.29, 1.82) is 0 Å². The van der Waals surface area contributed by atoms with E-state index >= 15 is 0 Å². The Balaban J connectivity index is 2.09. The summed E-state index contributed by atoms with van der Waals surface area (Å²) in [4.78, 5) is 13.1. The molecule has 4 aromatic rings. The van der Waals surface area contributed by atoms with E-state index in [-0.39, 0.29) is 5.69 Å². The van der Waals surface area contributed by atoms with Crippen molar-refractivity contribution >= 4 is 5.65 Å². The summed E-state index contributed by atoms with van der Waals surface area (Å²) in [5.41, 5.74) is 3.60. The molecule has 4 heteroatoms. The standard InChI is InChI=1S/C19H16N3O/c1-15-10-12-17(13-11-15)22-19(23)21(16-7-3-2-4-8-16)18-9-5-6-14-20(18)22/h2-14H,1H3/q+1. The maximum absolute atomic E-state index is 13.1. The van der Waals surface area contributed by atoms with Crippen LogP contribution in [-0.4, -0.2) is 9.25 Å². The number of hydrogen-bond acceptors (Lipinski definition) is 1. The number of nitrogens with zero attached hydrogens (tertiary/aromatic N) is 3. The molecule has 4 nitrogen and oxygen atoms in total. The number of aromatic nitrogens is 3. The summed E-state index contributed by atoms with van der Waals surface area (Å²) in [5.74, 6) is 0. The van der Waals surface area contributed by atoms with Crippen molar-refractivity contribution in [1.82, 2.24) is 9.25 Å². The minimum Gasteiger partial charge on any atom is -0.216 e. The van der Waals surface area contributed by atoms with Crippen LogP contribution in [0.4, 0.5) is 0 Å². The molecule has 112 valence electrons. The van der Waals surface area contributed by atoms with Gasteiger partial charge in [0.1, 0.15) is 11.9 Å². The summed E-state index contributed by atoms with van der Waals surface area (Å²) in [6, 6.07) is 23.4. The number of benzene rings is 2. The van der Waals surface area contributed by atoms with Crippen molar-refractivity contribution in [3.05, 3.63) is 95.0 Å². The Kier molecular flexibility index (Phi) is 3.08. The molecule has 2 aromatic carbocycles. The van der Waals surface area contributed by atoms with Crippen molar-refractivity contribution in [2.45, 2.75) is 6.92 Å². The first kappa shape index (κ1) is 13.5. The fourth-order valence-electron chi connectivity index (χ4n) is 2.80. The third-order valence-corrected chi connectivity index (χ3v) is 3.93. The highest BCUT2D eigenvalue weighted by Crippen LogP contribution is 2.10. The zero-order valence-electron chi connectivity index (χ0n) is 12.8. The quantitative estimate of drug-likeness (QED) is 0.524. The first-order chi connectivity index (χ1) is 11.3. The van der Waals surface area contributed by atoms with E-state index in [1.807, 2.05) is 90.4 Å². The molecule has 0 aliphatic rings. The summed E-state index contributed by atoms with van der Waals surface area (Å²) >= 11 is 0. The highest BCUT2D eigenvalue weighted by molar-refractivity contribution is 5.44. The van der Waals surface area contributed by atoms with Gasteiger partial charge in [0.05, 0.1) is 5.69 Å². The van der Waals surface area contributed by atoms with Gasteiger partial charge in [0, 0.05) is 6.07 Å². The Morgan fingerprint density at radius 1 is 0.783 bits per heavy atom. The van der Waals surface area contributed by atoms with E-state index in [1.54, 1.807) is 9.25 Å². The molecule has 2 aromatic heterocycles. The Morgan fingerprint density at radius 2 is 1.48 bits per heavy atom. The van der Waals surface area contributed by atoms with Gasteiger partial charge >= 0.3 is 11.3 Å². The van der Waals surface area contributed by atoms with Gasteiger partial charge in [-0.3, -0.25) is 0 Å². The molecule has 0 saturated heterocycles. The number of rotatable bonds is 2. The van der Waals surface area contributed by atoms with Crippen LogP contribution in [0.2, 0.25) is 0 Å². The predicted molar refractivity (Wildman–Crippen MR) is 89.3 cm³/mol. The van der Waals surface area contributed by atoms with E-state index in [0.717, 1.165) is 17.0 Å². The van der Waals surface area contributed by atoms with Gasteiger partial charge in [-0.1, -0.05) is 42.0 Å². The lowest BCUT2D eigenvalue weighted by atomic mass is 10.2. The number of aryl methyl sites for hydroxylation is 1. The fourth-order valence-corrected chi connectivity index (χ4v) is 2.80. The summed E-state index contributed by atoms with van der Waals surface area (Å²) in [6.07, 6.45) is 1.90. The van der Waals surface area contributed by atoms with Crippen LogP contribution in [0.5, 0.6) is 0 Å². The SMILES string of the molecule is Cc1ccc(-n2c(=O)n(-c3ccccc3)c3cccc[n+]32)cc1. The van der Waals surface area contributed by atoms with Crippen LogP contribution < -0.4 is 10.2 Å². The molecule has 4 rings (SSSR count). The lowest BCUT2D eigenvalue weighted by Gasteiger charge is -1.99. The number of fused-ring (bicyclic) bond motifs is 1. The van der Waals surface area contributed by atoms with Crippen LogP contribution in [0, 0.1) is 6.92 Å². The summed E-state index contributed by atoms with van der Waals surface area (Å²) in [7, 11) is 0. The number of para-hydroxylation sites is 1. The maximum Gasteiger partial charge on any atom is 0.457 e. The average Bonchev–Trinajstić information content (AvgIpc) is 2.88. The second-order valence-corrected chi connectivity index (χ2v) is 5.50. The van der Waals surface area contributed by atoms with E-state index in [9.17, 15) is 4.79 Å².